The molecule has 4 nitrogen and oxygen atoms in total. The van der Waals surface area contributed by atoms with Crippen LogP contribution in [0.5, 0.6) is 0 Å². The molecular weight excluding hydrogens is 152 g/mol. The maximum atomic E-state index is 5.58. The van der Waals surface area contributed by atoms with Crippen LogP contribution in [0.4, 0.5) is 5.95 Å². The molecule has 0 aromatic carbocycles. The molecule has 2 N–H and O–H groups in total. The normalized spacial score (nSPS) is 11.0. The van der Waals surface area contributed by atoms with E-state index in [1.165, 1.54) is 0 Å². The molecule has 0 radical (unpaired) electrons. The molecular formula is C8H16N4. The van der Waals surface area contributed by atoms with Crippen LogP contribution in [-0.4, -0.2) is 14.8 Å². The number of rotatable bonds is 3. The van der Waals surface area contributed by atoms with Crippen molar-refractivity contribution < 1.29 is 0 Å². The maximum absolute atomic E-state index is 5.58. The molecule has 0 saturated heterocycles. The SMILES string of the molecule is CCC(CC)c1nc(N)n(C)n1. The highest BCUT2D eigenvalue weighted by Crippen LogP contribution is 2.19. The van der Waals surface area contributed by atoms with Crippen LogP contribution < -0.4 is 5.73 Å². The van der Waals surface area contributed by atoms with E-state index in [1.807, 2.05) is 7.05 Å². The molecule has 0 saturated carbocycles. The zero-order chi connectivity index (χ0) is 9.14. The first-order valence-electron chi connectivity index (χ1n) is 4.35. The van der Waals surface area contributed by atoms with Gasteiger partial charge in [0.1, 0.15) is 0 Å². The minimum atomic E-state index is 0.452. The van der Waals surface area contributed by atoms with Gasteiger partial charge in [-0.15, -0.1) is 0 Å². The third-order valence-corrected chi connectivity index (χ3v) is 2.16. The van der Waals surface area contributed by atoms with Crippen LogP contribution >= 0.6 is 0 Å². The maximum Gasteiger partial charge on any atom is 0.218 e. The number of anilines is 1. The van der Waals surface area contributed by atoms with Gasteiger partial charge in [0.25, 0.3) is 0 Å². The van der Waals surface area contributed by atoms with Crippen molar-refractivity contribution >= 4 is 5.95 Å². The Bertz CT molecular complexity index is 230. The summed E-state index contributed by atoms with van der Waals surface area (Å²) >= 11 is 0. The van der Waals surface area contributed by atoms with Crippen molar-refractivity contribution in [1.29, 1.82) is 0 Å². The molecule has 0 fully saturated rings. The summed E-state index contributed by atoms with van der Waals surface area (Å²) in [6.45, 7) is 4.28. The summed E-state index contributed by atoms with van der Waals surface area (Å²) in [4.78, 5) is 4.18. The second kappa shape index (κ2) is 3.56. The van der Waals surface area contributed by atoms with Crippen LogP contribution in [0, 0.1) is 0 Å². The first-order chi connectivity index (χ1) is 5.69. The van der Waals surface area contributed by atoms with E-state index in [2.05, 4.69) is 23.9 Å². The van der Waals surface area contributed by atoms with Gasteiger partial charge >= 0.3 is 0 Å². The zero-order valence-electron chi connectivity index (χ0n) is 7.91. The Labute approximate surface area is 72.8 Å². The van der Waals surface area contributed by atoms with Crippen LogP contribution in [0.2, 0.25) is 0 Å². The van der Waals surface area contributed by atoms with Gasteiger partial charge in [-0.3, -0.25) is 0 Å². The van der Waals surface area contributed by atoms with Gasteiger partial charge < -0.3 is 5.73 Å². The highest BCUT2D eigenvalue weighted by atomic mass is 15.4. The van der Waals surface area contributed by atoms with Gasteiger partial charge in [-0.2, -0.15) is 10.1 Å². The highest BCUT2D eigenvalue weighted by Gasteiger charge is 2.12. The smallest absolute Gasteiger partial charge is 0.218 e. The van der Waals surface area contributed by atoms with E-state index in [0.717, 1.165) is 18.7 Å². The summed E-state index contributed by atoms with van der Waals surface area (Å²) in [6, 6.07) is 0. The Hall–Kier alpha value is -1.06. The standard InChI is InChI=1S/C8H16N4/c1-4-6(5-2)7-10-8(9)12(3)11-7/h6H,4-5H2,1-3H3,(H2,9,10,11). The molecule has 1 aromatic heterocycles. The van der Waals surface area contributed by atoms with E-state index in [-0.39, 0.29) is 0 Å². The summed E-state index contributed by atoms with van der Waals surface area (Å²) < 4.78 is 1.62. The van der Waals surface area contributed by atoms with Crippen molar-refractivity contribution in [2.24, 2.45) is 7.05 Å². The van der Waals surface area contributed by atoms with Crippen LogP contribution in [-0.2, 0) is 7.05 Å². The Morgan fingerprint density at radius 2 is 2.00 bits per heavy atom. The molecule has 68 valence electrons. The lowest BCUT2D eigenvalue weighted by Gasteiger charge is -2.05. The predicted molar refractivity (Wildman–Crippen MR) is 48.7 cm³/mol. The van der Waals surface area contributed by atoms with E-state index >= 15 is 0 Å². The fourth-order valence-corrected chi connectivity index (χ4v) is 1.24. The molecule has 0 bridgehead atoms. The minimum Gasteiger partial charge on any atom is -0.368 e. The van der Waals surface area contributed by atoms with Gasteiger partial charge in [-0.1, -0.05) is 13.8 Å². The minimum absolute atomic E-state index is 0.452. The van der Waals surface area contributed by atoms with Crippen LogP contribution in [0.25, 0.3) is 0 Å². The van der Waals surface area contributed by atoms with Crippen LogP contribution in [0.1, 0.15) is 38.4 Å². The van der Waals surface area contributed by atoms with Crippen molar-refractivity contribution in [3.8, 4) is 0 Å². The molecule has 12 heavy (non-hydrogen) atoms. The van der Waals surface area contributed by atoms with E-state index in [4.69, 9.17) is 5.73 Å². The number of hydrogen-bond donors (Lipinski definition) is 1. The van der Waals surface area contributed by atoms with Crippen molar-refractivity contribution in [3.63, 3.8) is 0 Å². The van der Waals surface area contributed by atoms with Crippen molar-refractivity contribution in [2.75, 3.05) is 5.73 Å². The molecule has 0 spiro atoms. The number of nitrogen functional groups attached to an aromatic ring is 1. The molecule has 0 aliphatic carbocycles. The second-order valence-corrected chi connectivity index (χ2v) is 2.97. The molecule has 1 aromatic rings. The number of hydrogen-bond acceptors (Lipinski definition) is 3. The Morgan fingerprint density at radius 3 is 2.33 bits per heavy atom. The molecule has 4 heteroatoms. The summed E-state index contributed by atoms with van der Waals surface area (Å²) in [5, 5.41) is 4.23. The van der Waals surface area contributed by atoms with Crippen molar-refractivity contribution in [1.82, 2.24) is 14.8 Å². The highest BCUT2D eigenvalue weighted by molar-refractivity contribution is 5.16. The van der Waals surface area contributed by atoms with E-state index < -0.39 is 0 Å². The van der Waals surface area contributed by atoms with Gasteiger partial charge in [-0.25, -0.2) is 4.68 Å². The first kappa shape index (κ1) is 9.03. The van der Waals surface area contributed by atoms with Crippen molar-refractivity contribution in [3.05, 3.63) is 5.82 Å². The largest absolute Gasteiger partial charge is 0.368 e. The topological polar surface area (TPSA) is 56.7 Å². The molecule has 1 rings (SSSR count). The Kier molecular flexibility index (Phi) is 2.68. The summed E-state index contributed by atoms with van der Waals surface area (Å²) in [6.07, 6.45) is 2.14. The lowest BCUT2D eigenvalue weighted by atomic mass is 10.0. The predicted octanol–water partition coefficient (Wildman–Crippen LogP) is 1.30. The Morgan fingerprint density at radius 1 is 1.42 bits per heavy atom. The van der Waals surface area contributed by atoms with Gasteiger partial charge in [0.15, 0.2) is 5.82 Å². The quantitative estimate of drug-likeness (QED) is 0.740. The Balaban J connectivity index is 2.86. The molecule has 0 atom stereocenters. The lowest BCUT2D eigenvalue weighted by Crippen LogP contribution is -1.99. The van der Waals surface area contributed by atoms with E-state index in [9.17, 15) is 0 Å². The third-order valence-electron chi connectivity index (χ3n) is 2.16. The number of aromatic nitrogens is 3. The second-order valence-electron chi connectivity index (χ2n) is 2.97. The molecule has 0 amide bonds. The molecule has 0 unspecified atom stereocenters. The van der Waals surface area contributed by atoms with Gasteiger partial charge in [-0.05, 0) is 12.8 Å². The molecule has 0 aliphatic heterocycles. The molecule has 1 heterocycles. The van der Waals surface area contributed by atoms with Crippen molar-refractivity contribution in [2.45, 2.75) is 32.6 Å². The summed E-state index contributed by atoms with van der Waals surface area (Å²) in [7, 11) is 1.81. The van der Waals surface area contributed by atoms with Gasteiger partial charge in [0, 0.05) is 13.0 Å². The summed E-state index contributed by atoms with van der Waals surface area (Å²) in [5.41, 5.74) is 5.58. The number of aryl methyl sites for hydroxylation is 1. The number of nitrogens with zero attached hydrogens (tertiary/aromatic N) is 3. The summed E-state index contributed by atoms with van der Waals surface area (Å²) in [5.74, 6) is 1.82. The zero-order valence-corrected chi connectivity index (χ0v) is 7.91. The molecule has 0 aliphatic rings. The third kappa shape index (κ3) is 1.57. The first-order valence-corrected chi connectivity index (χ1v) is 4.35. The van der Waals surface area contributed by atoms with Crippen LogP contribution in [0.3, 0.4) is 0 Å². The van der Waals surface area contributed by atoms with E-state index in [0.29, 0.717) is 11.9 Å². The number of nitrogens with two attached hydrogens (primary N) is 1. The van der Waals surface area contributed by atoms with Gasteiger partial charge in [0.05, 0.1) is 0 Å². The monoisotopic (exact) mass is 168 g/mol. The average Bonchev–Trinajstić information content (AvgIpc) is 2.35. The van der Waals surface area contributed by atoms with Crippen LogP contribution in [0.15, 0.2) is 0 Å². The van der Waals surface area contributed by atoms with Gasteiger partial charge in [0.2, 0.25) is 5.95 Å². The fraction of sp³-hybridized carbons (Fsp3) is 0.750. The lowest BCUT2D eigenvalue weighted by molar-refractivity contribution is 0.593. The van der Waals surface area contributed by atoms with E-state index in [1.54, 1.807) is 4.68 Å². The average molecular weight is 168 g/mol. The fourth-order valence-electron chi connectivity index (χ4n) is 1.24.